The van der Waals surface area contributed by atoms with Gasteiger partial charge >= 0.3 is 0 Å². The zero-order chi connectivity index (χ0) is 11.4. The molecular formula is C12H19N3S. The van der Waals surface area contributed by atoms with E-state index in [1.807, 2.05) is 11.8 Å². The minimum absolute atomic E-state index is 0.934. The van der Waals surface area contributed by atoms with Crippen LogP contribution in [0.25, 0.3) is 0 Å². The first-order chi connectivity index (χ1) is 7.81. The maximum Gasteiger partial charge on any atom is 0.138 e. The van der Waals surface area contributed by atoms with Crippen molar-refractivity contribution in [3.63, 3.8) is 0 Å². The molecule has 1 aliphatic rings. The van der Waals surface area contributed by atoms with Gasteiger partial charge in [0.1, 0.15) is 5.82 Å². The normalized spacial score (nSPS) is 14.9. The molecular weight excluding hydrogens is 218 g/mol. The summed E-state index contributed by atoms with van der Waals surface area (Å²) in [7, 11) is 0. The van der Waals surface area contributed by atoms with Crippen LogP contribution in [0, 0.1) is 6.92 Å². The monoisotopic (exact) mass is 237 g/mol. The highest BCUT2D eigenvalue weighted by molar-refractivity contribution is 7.98. The first kappa shape index (κ1) is 11.9. The van der Waals surface area contributed by atoms with E-state index in [0.717, 1.165) is 36.8 Å². The van der Waals surface area contributed by atoms with E-state index in [4.69, 9.17) is 0 Å². The highest BCUT2D eigenvalue weighted by Gasteiger charge is 2.14. The van der Waals surface area contributed by atoms with E-state index in [0.29, 0.717) is 0 Å². The number of nitrogens with one attached hydrogen (secondary N) is 1. The topological polar surface area (TPSA) is 37.8 Å². The minimum atomic E-state index is 0.934. The fraction of sp³-hybridized carbons (Fsp3) is 0.667. The van der Waals surface area contributed by atoms with Crippen LogP contribution >= 0.6 is 11.8 Å². The molecule has 0 spiro atoms. The lowest BCUT2D eigenvalue weighted by Gasteiger charge is -2.18. The van der Waals surface area contributed by atoms with Gasteiger partial charge in [-0.25, -0.2) is 9.97 Å². The predicted molar refractivity (Wildman–Crippen MR) is 68.6 cm³/mol. The molecule has 0 saturated heterocycles. The van der Waals surface area contributed by atoms with Crippen molar-refractivity contribution in [3.8, 4) is 0 Å². The Balaban J connectivity index is 2.12. The van der Waals surface area contributed by atoms with Gasteiger partial charge in [-0.05, 0) is 19.1 Å². The summed E-state index contributed by atoms with van der Waals surface area (Å²) in [5.41, 5.74) is 3.73. The molecule has 0 unspecified atom stereocenters. The molecule has 1 aromatic heterocycles. The molecule has 0 amide bonds. The van der Waals surface area contributed by atoms with Gasteiger partial charge in [0.15, 0.2) is 0 Å². The van der Waals surface area contributed by atoms with Crippen LogP contribution in [0.15, 0.2) is 0 Å². The summed E-state index contributed by atoms with van der Waals surface area (Å²) in [4.78, 5) is 9.26. The van der Waals surface area contributed by atoms with Gasteiger partial charge in [0, 0.05) is 30.8 Å². The van der Waals surface area contributed by atoms with Gasteiger partial charge in [-0.1, -0.05) is 6.92 Å². The van der Waals surface area contributed by atoms with E-state index in [9.17, 15) is 0 Å². The van der Waals surface area contributed by atoms with Crippen LogP contribution < -0.4 is 5.32 Å². The van der Waals surface area contributed by atoms with Gasteiger partial charge in [0.25, 0.3) is 0 Å². The SMILES string of the molecule is CCCSCc1nc(C)c2c(n1)CCNC2. The lowest BCUT2D eigenvalue weighted by molar-refractivity contribution is 0.617. The molecule has 1 aromatic rings. The second-order valence-electron chi connectivity index (χ2n) is 4.13. The Hall–Kier alpha value is -0.610. The predicted octanol–water partition coefficient (Wildman–Crippen LogP) is 2.07. The van der Waals surface area contributed by atoms with Gasteiger partial charge < -0.3 is 5.32 Å². The molecule has 0 radical (unpaired) electrons. The summed E-state index contributed by atoms with van der Waals surface area (Å²) in [5.74, 6) is 3.16. The molecule has 2 rings (SSSR count). The second kappa shape index (κ2) is 5.64. The maximum atomic E-state index is 4.67. The summed E-state index contributed by atoms with van der Waals surface area (Å²) in [6.07, 6.45) is 2.27. The van der Waals surface area contributed by atoms with Crippen LogP contribution in [-0.4, -0.2) is 22.3 Å². The van der Waals surface area contributed by atoms with Gasteiger partial charge in [0.05, 0.1) is 11.4 Å². The van der Waals surface area contributed by atoms with Crippen molar-refractivity contribution >= 4 is 11.8 Å². The van der Waals surface area contributed by atoms with Crippen molar-refractivity contribution in [2.24, 2.45) is 0 Å². The number of nitrogens with zero attached hydrogens (tertiary/aromatic N) is 2. The smallest absolute Gasteiger partial charge is 0.138 e. The summed E-state index contributed by atoms with van der Waals surface area (Å²) >= 11 is 1.93. The molecule has 2 heterocycles. The molecule has 88 valence electrons. The number of fused-ring (bicyclic) bond motifs is 1. The summed E-state index contributed by atoms with van der Waals surface area (Å²) in [6.45, 7) is 6.29. The van der Waals surface area contributed by atoms with Gasteiger partial charge in [-0.3, -0.25) is 0 Å². The molecule has 0 aromatic carbocycles. The van der Waals surface area contributed by atoms with Crippen molar-refractivity contribution in [2.45, 2.75) is 39.0 Å². The van der Waals surface area contributed by atoms with Crippen molar-refractivity contribution in [1.82, 2.24) is 15.3 Å². The van der Waals surface area contributed by atoms with E-state index >= 15 is 0 Å². The van der Waals surface area contributed by atoms with E-state index in [1.54, 1.807) is 0 Å². The number of thioether (sulfide) groups is 1. The Labute approximate surface area is 101 Å². The van der Waals surface area contributed by atoms with E-state index in [2.05, 4.69) is 29.1 Å². The third kappa shape index (κ3) is 2.74. The second-order valence-corrected chi connectivity index (χ2v) is 5.24. The van der Waals surface area contributed by atoms with Crippen molar-refractivity contribution < 1.29 is 0 Å². The quantitative estimate of drug-likeness (QED) is 0.814. The zero-order valence-electron chi connectivity index (χ0n) is 10.0. The Morgan fingerprint density at radius 2 is 2.25 bits per heavy atom. The lowest BCUT2D eigenvalue weighted by atomic mass is 10.1. The van der Waals surface area contributed by atoms with Crippen LogP contribution in [0.3, 0.4) is 0 Å². The molecule has 0 atom stereocenters. The Kier molecular flexibility index (Phi) is 4.18. The molecule has 4 heteroatoms. The molecule has 0 fully saturated rings. The summed E-state index contributed by atoms with van der Waals surface area (Å²) < 4.78 is 0. The number of aromatic nitrogens is 2. The average molecular weight is 237 g/mol. The number of rotatable bonds is 4. The Bertz CT molecular complexity index is 366. The largest absolute Gasteiger partial charge is 0.312 e. The van der Waals surface area contributed by atoms with E-state index < -0.39 is 0 Å². The Morgan fingerprint density at radius 1 is 1.38 bits per heavy atom. The third-order valence-electron chi connectivity index (χ3n) is 2.77. The molecule has 1 N–H and O–H groups in total. The Morgan fingerprint density at radius 3 is 3.06 bits per heavy atom. The first-order valence-electron chi connectivity index (χ1n) is 5.95. The van der Waals surface area contributed by atoms with Crippen LogP contribution in [0.2, 0.25) is 0 Å². The number of aryl methyl sites for hydroxylation is 1. The lowest BCUT2D eigenvalue weighted by Crippen LogP contribution is -2.26. The van der Waals surface area contributed by atoms with Gasteiger partial charge in [-0.2, -0.15) is 11.8 Å². The van der Waals surface area contributed by atoms with Crippen LogP contribution in [-0.2, 0) is 18.7 Å². The van der Waals surface area contributed by atoms with Crippen molar-refractivity contribution in [2.75, 3.05) is 12.3 Å². The third-order valence-corrected chi connectivity index (χ3v) is 3.93. The fourth-order valence-corrected chi connectivity index (χ4v) is 2.69. The maximum absolute atomic E-state index is 4.67. The first-order valence-corrected chi connectivity index (χ1v) is 7.10. The molecule has 0 aliphatic carbocycles. The standard InChI is InChI=1S/C12H19N3S/c1-3-6-16-8-12-14-9(2)10-7-13-5-4-11(10)15-12/h13H,3-8H2,1-2H3. The minimum Gasteiger partial charge on any atom is -0.312 e. The molecule has 1 aliphatic heterocycles. The fourth-order valence-electron chi connectivity index (χ4n) is 1.95. The van der Waals surface area contributed by atoms with Crippen molar-refractivity contribution in [1.29, 1.82) is 0 Å². The number of hydrogen-bond donors (Lipinski definition) is 1. The number of hydrogen-bond acceptors (Lipinski definition) is 4. The zero-order valence-corrected chi connectivity index (χ0v) is 10.9. The average Bonchev–Trinajstić information content (AvgIpc) is 2.30. The van der Waals surface area contributed by atoms with E-state index in [-0.39, 0.29) is 0 Å². The van der Waals surface area contributed by atoms with Crippen molar-refractivity contribution in [3.05, 3.63) is 22.8 Å². The van der Waals surface area contributed by atoms with Crippen LogP contribution in [0.4, 0.5) is 0 Å². The highest BCUT2D eigenvalue weighted by atomic mass is 32.2. The van der Waals surface area contributed by atoms with Gasteiger partial charge in [-0.15, -0.1) is 0 Å². The summed E-state index contributed by atoms with van der Waals surface area (Å²) in [6, 6.07) is 0. The highest BCUT2D eigenvalue weighted by Crippen LogP contribution is 2.17. The van der Waals surface area contributed by atoms with Gasteiger partial charge in [0.2, 0.25) is 0 Å². The van der Waals surface area contributed by atoms with Crippen LogP contribution in [0.1, 0.15) is 36.1 Å². The van der Waals surface area contributed by atoms with Crippen LogP contribution in [0.5, 0.6) is 0 Å². The van der Waals surface area contributed by atoms with E-state index in [1.165, 1.54) is 23.4 Å². The molecule has 0 saturated carbocycles. The molecule has 3 nitrogen and oxygen atoms in total. The summed E-state index contributed by atoms with van der Waals surface area (Å²) in [5, 5.41) is 3.37. The molecule has 0 bridgehead atoms. The molecule has 16 heavy (non-hydrogen) atoms.